The molecule has 1 aliphatic heterocycles. The molecule has 3 aromatic rings. The van der Waals surface area contributed by atoms with E-state index in [0.717, 1.165) is 65.1 Å². The van der Waals surface area contributed by atoms with Crippen molar-refractivity contribution in [1.82, 2.24) is 9.88 Å². The van der Waals surface area contributed by atoms with Crippen LogP contribution in [0, 0.1) is 11.8 Å². The number of fused-ring (bicyclic) bond motifs is 2. The van der Waals surface area contributed by atoms with Crippen molar-refractivity contribution in [3.63, 3.8) is 0 Å². The first-order chi connectivity index (χ1) is 16.5. The highest BCUT2D eigenvalue weighted by Crippen LogP contribution is 2.39. The van der Waals surface area contributed by atoms with E-state index in [1.807, 2.05) is 36.4 Å². The second-order valence-corrected chi connectivity index (χ2v) is 10.5. The Kier molecular flexibility index (Phi) is 6.66. The van der Waals surface area contributed by atoms with Gasteiger partial charge in [-0.05, 0) is 74.5 Å². The molecule has 5 rings (SSSR count). The number of likely N-dealkylation sites (tertiary alicyclic amines) is 1. The van der Waals surface area contributed by atoms with E-state index in [1.165, 1.54) is 0 Å². The summed E-state index contributed by atoms with van der Waals surface area (Å²) in [6, 6.07) is 11.8. The van der Waals surface area contributed by atoms with E-state index in [9.17, 15) is 9.59 Å². The minimum absolute atomic E-state index is 0.0315. The van der Waals surface area contributed by atoms with Gasteiger partial charge >= 0.3 is 0 Å². The van der Waals surface area contributed by atoms with Gasteiger partial charge < -0.3 is 9.47 Å². The SMILES string of the molecule is COc1cc2c(cc1OC)C(=O)C(CC1CCN(CC(=O)Cc3nc4ccccc4s3)CC1)C2. The van der Waals surface area contributed by atoms with Gasteiger partial charge in [-0.1, -0.05) is 12.1 Å². The van der Waals surface area contributed by atoms with Gasteiger partial charge in [0, 0.05) is 11.5 Å². The largest absolute Gasteiger partial charge is 0.493 e. The Hall–Kier alpha value is -2.77. The van der Waals surface area contributed by atoms with E-state index in [0.29, 0.717) is 30.4 Å². The maximum absolute atomic E-state index is 13.0. The lowest BCUT2D eigenvalue weighted by molar-refractivity contribution is -0.119. The molecule has 0 amide bonds. The lowest BCUT2D eigenvalue weighted by Gasteiger charge is -2.32. The van der Waals surface area contributed by atoms with Gasteiger partial charge in [0.1, 0.15) is 5.01 Å². The maximum Gasteiger partial charge on any atom is 0.166 e. The molecule has 0 N–H and O–H groups in total. The topological polar surface area (TPSA) is 68.7 Å². The second kappa shape index (κ2) is 9.84. The minimum atomic E-state index is 0.0315. The summed E-state index contributed by atoms with van der Waals surface area (Å²) in [6.45, 7) is 2.30. The molecule has 0 saturated carbocycles. The van der Waals surface area contributed by atoms with Crippen LogP contribution in [0.4, 0.5) is 0 Å². The molecule has 2 heterocycles. The third-order valence-corrected chi connectivity index (χ3v) is 8.16. The van der Waals surface area contributed by atoms with Gasteiger partial charge in [0.05, 0.1) is 37.4 Å². The van der Waals surface area contributed by atoms with E-state index in [2.05, 4.69) is 9.88 Å². The summed E-state index contributed by atoms with van der Waals surface area (Å²) in [5.74, 6) is 2.29. The number of carbonyl (C=O) groups excluding carboxylic acids is 2. The number of benzene rings is 2. The maximum atomic E-state index is 13.0. The molecule has 0 bridgehead atoms. The molecule has 7 heteroatoms. The number of Topliss-reactive ketones (excluding diaryl/α,β-unsaturated/α-hetero) is 2. The van der Waals surface area contributed by atoms with Crippen LogP contribution in [0.25, 0.3) is 10.2 Å². The van der Waals surface area contributed by atoms with Crippen molar-refractivity contribution in [3.05, 3.63) is 52.5 Å². The minimum Gasteiger partial charge on any atom is -0.493 e. The first-order valence-electron chi connectivity index (χ1n) is 11.9. The molecule has 1 atom stereocenters. The molecule has 2 aliphatic rings. The third kappa shape index (κ3) is 4.72. The van der Waals surface area contributed by atoms with E-state index >= 15 is 0 Å². The second-order valence-electron chi connectivity index (χ2n) is 9.38. The number of hydrogen-bond donors (Lipinski definition) is 0. The van der Waals surface area contributed by atoms with Crippen molar-refractivity contribution in [2.75, 3.05) is 33.9 Å². The summed E-state index contributed by atoms with van der Waals surface area (Å²) in [5.41, 5.74) is 2.81. The molecule has 0 radical (unpaired) electrons. The van der Waals surface area contributed by atoms with Crippen LogP contribution in [-0.2, 0) is 17.6 Å². The molecular weight excluding hydrogens is 448 g/mol. The Balaban J connectivity index is 1.11. The number of ether oxygens (including phenoxy) is 2. The highest BCUT2D eigenvalue weighted by Gasteiger charge is 2.34. The number of para-hydroxylation sites is 1. The van der Waals surface area contributed by atoms with Gasteiger partial charge in [0.15, 0.2) is 23.1 Å². The van der Waals surface area contributed by atoms with Gasteiger partial charge in [-0.3, -0.25) is 14.5 Å². The lowest BCUT2D eigenvalue weighted by atomic mass is 9.85. The van der Waals surface area contributed by atoms with E-state index in [-0.39, 0.29) is 17.5 Å². The van der Waals surface area contributed by atoms with Crippen LogP contribution in [0.1, 0.15) is 40.2 Å². The molecule has 178 valence electrons. The predicted octanol–water partition coefficient (Wildman–Crippen LogP) is 4.58. The molecule has 2 aromatic carbocycles. The molecule has 34 heavy (non-hydrogen) atoms. The van der Waals surface area contributed by atoms with Crippen molar-refractivity contribution in [3.8, 4) is 11.5 Å². The van der Waals surface area contributed by atoms with Crippen LogP contribution < -0.4 is 9.47 Å². The zero-order chi connectivity index (χ0) is 23.7. The zero-order valence-electron chi connectivity index (χ0n) is 19.7. The van der Waals surface area contributed by atoms with Gasteiger partial charge in [0.25, 0.3) is 0 Å². The van der Waals surface area contributed by atoms with Crippen LogP contribution >= 0.6 is 11.3 Å². The number of ketones is 2. The summed E-state index contributed by atoms with van der Waals surface area (Å²) in [7, 11) is 3.22. The smallest absolute Gasteiger partial charge is 0.166 e. The van der Waals surface area contributed by atoms with Crippen molar-refractivity contribution < 1.29 is 19.1 Å². The van der Waals surface area contributed by atoms with Crippen molar-refractivity contribution in [1.29, 1.82) is 0 Å². The summed E-state index contributed by atoms with van der Waals surface area (Å²) in [6.07, 6.45) is 4.14. The van der Waals surface area contributed by atoms with Gasteiger partial charge in [-0.15, -0.1) is 11.3 Å². The number of piperidine rings is 1. The summed E-state index contributed by atoms with van der Waals surface area (Å²) in [4.78, 5) is 32.5. The fraction of sp³-hybridized carbons (Fsp3) is 0.444. The fourth-order valence-electron chi connectivity index (χ4n) is 5.34. The Bertz CT molecular complexity index is 1180. The van der Waals surface area contributed by atoms with Crippen molar-refractivity contribution in [2.45, 2.75) is 32.1 Å². The van der Waals surface area contributed by atoms with E-state index < -0.39 is 0 Å². The Morgan fingerprint density at radius 1 is 1.12 bits per heavy atom. The standard InChI is InChI=1S/C27H30N2O4S/c1-32-23-13-18-12-19(27(31)21(18)15-24(23)33-2)11-17-7-9-29(10-8-17)16-20(30)14-26-28-22-5-3-4-6-25(22)34-26/h3-6,13,15,17,19H,7-12,14,16H2,1-2H3. The fourth-order valence-corrected chi connectivity index (χ4v) is 6.34. The summed E-state index contributed by atoms with van der Waals surface area (Å²) >= 11 is 1.61. The Labute approximate surface area is 203 Å². The van der Waals surface area contributed by atoms with Gasteiger partial charge in [-0.2, -0.15) is 0 Å². The molecule has 1 aliphatic carbocycles. The molecule has 1 unspecified atom stereocenters. The highest BCUT2D eigenvalue weighted by molar-refractivity contribution is 7.18. The molecule has 1 saturated heterocycles. The first kappa shape index (κ1) is 23.0. The van der Waals surface area contributed by atoms with Crippen LogP contribution in [0.15, 0.2) is 36.4 Å². The van der Waals surface area contributed by atoms with Gasteiger partial charge in [-0.25, -0.2) is 4.98 Å². The Morgan fingerprint density at radius 3 is 2.59 bits per heavy atom. The first-order valence-corrected chi connectivity index (χ1v) is 12.7. The molecule has 6 nitrogen and oxygen atoms in total. The lowest BCUT2D eigenvalue weighted by Crippen LogP contribution is -2.38. The van der Waals surface area contributed by atoms with Crippen LogP contribution in [0.2, 0.25) is 0 Å². The summed E-state index contributed by atoms with van der Waals surface area (Å²) < 4.78 is 11.9. The van der Waals surface area contributed by atoms with Gasteiger partial charge in [0.2, 0.25) is 0 Å². The van der Waals surface area contributed by atoms with Crippen LogP contribution in [0.5, 0.6) is 11.5 Å². The molecular formula is C27H30N2O4S. The van der Waals surface area contributed by atoms with Crippen molar-refractivity contribution in [2.24, 2.45) is 11.8 Å². The monoisotopic (exact) mass is 478 g/mol. The third-order valence-electron chi connectivity index (χ3n) is 7.12. The molecule has 0 spiro atoms. The predicted molar refractivity (Wildman–Crippen MR) is 133 cm³/mol. The zero-order valence-corrected chi connectivity index (χ0v) is 20.5. The number of hydrogen-bond acceptors (Lipinski definition) is 7. The van der Waals surface area contributed by atoms with Crippen molar-refractivity contribution >= 4 is 33.1 Å². The number of thiazole rings is 1. The van der Waals surface area contributed by atoms with Crippen LogP contribution in [-0.4, -0.2) is 55.3 Å². The molecule has 1 fully saturated rings. The highest BCUT2D eigenvalue weighted by atomic mass is 32.1. The average Bonchev–Trinajstić information content (AvgIpc) is 3.39. The number of nitrogens with zero attached hydrogens (tertiary/aromatic N) is 2. The molecule has 1 aromatic heterocycles. The number of methoxy groups -OCH3 is 2. The van der Waals surface area contributed by atoms with E-state index in [4.69, 9.17) is 9.47 Å². The summed E-state index contributed by atoms with van der Waals surface area (Å²) in [5, 5.41) is 0.897. The Morgan fingerprint density at radius 2 is 1.85 bits per heavy atom. The van der Waals surface area contributed by atoms with E-state index in [1.54, 1.807) is 25.6 Å². The quantitative estimate of drug-likeness (QED) is 0.472. The average molecular weight is 479 g/mol. The number of aromatic nitrogens is 1. The normalized spacial score (nSPS) is 18.9. The number of carbonyl (C=O) groups is 2. The number of rotatable bonds is 8. The van der Waals surface area contributed by atoms with Crippen LogP contribution in [0.3, 0.4) is 0 Å².